The minimum Gasteiger partial charge on any atom is -0.393 e. The van der Waals surface area contributed by atoms with Gasteiger partial charge in [-0.3, -0.25) is 0 Å². The summed E-state index contributed by atoms with van der Waals surface area (Å²) in [6, 6.07) is 4.60. The number of aliphatic hydroxyl groups excluding tert-OH is 1. The van der Waals surface area contributed by atoms with Crippen molar-refractivity contribution < 1.29 is 17.9 Å². The van der Waals surface area contributed by atoms with Gasteiger partial charge < -0.3 is 5.11 Å². The zero-order valence-corrected chi connectivity index (χ0v) is 12.8. The Morgan fingerprint density at radius 2 is 2.21 bits per heavy atom. The molecule has 0 saturated carbocycles. The molecule has 1 aliphatic rings. The molecular weight excluding hydrogens is 335 g/mol. The van der Waals surface area contributed by atoms with Crippen molar-refractivity contribution in [3.05, 3.63) is 34.1 Å². The molecule has 1 aromatic carbocycles. The minimum absolute atomic E-state index is 0.00443. The monoisotopic (exact) mass is 350 g/mol. The third kappa shape index (κ3) is 4.26. The first-order valence-corrected chi connectivity index (χ1v) is 8.79. The summed E-state index contributed by atoms with van der Waals surface area (Å²) in [6.07, 6.45) is 0.509. The fourth-order valence-corrected chi connectivity index (χ4v) is 4.77. The number of hydrogen-bond donors (Lipinski definition) is 1. The van der Waals surface area contributed by atoms with Gasteiger partial charge in [-0.25, -0.2) is 12.8 Å². The van der Waals surface area contributed by atoms with E-state index in [0.717, 1.165) is 4.47 Å². The summed E-state index contributed by atoms with van der Waals surface area (Å²) in [4.78, 5) is 0. The second-order valence-corrected chi connectivity index (χ2v) is 8.24. The van der Waals surface area contributed by atoms with E-state index in [1.165, 1.54) is 6.07 Å². The van der Waals surface area contributed by atoms with Crippen LogP contribution < -0.4 is 0 Å². The van der Waals surface area contributed by atoms with Gasteiger partial charge >= 0.3 is 0 Å². The Morgan fingerprint density at radius 1 is 1.47 bits per heavy atom. The van der Waals surface area contributed by atoms with Gasteiger partial charge in [0.15, 0.2) is 9.84 Å². The first-order valence-electron chi connectivity index (χ1n) is 6.18. The number of sulfone groups is 1. The summed E-state index contributed by atoms with van der Waals surface area (Å²) >= 11 is 3.26. The predicted molar refractivity (Wildman–Crippen MR) is 75.2 cm³/mol. The van der Waals surface area contributed by atoms with Crippen molar-refractivity contribution >= 4 is 25.8 Å². The van der Waals surface area contributed by atoms with Gasteiger partial charge in [0, 0.05) is 10.9 Å². The highest BCUT2D eigenvalue weighted by Gasteiger charge is 2.29. The van der Waals surface area contributed by atoms with Crippen LogP contribution in [0.15, 0.2) is 22.7 Å². The molecule has 1 aliphatic heterocycles. The Kier molecular flexibility index (Phi) is 4.63. The molecule has 2 atom stereocenters. The van der Waals surface area contributed by atoms with Gasteiger partial charge in [-0.05, 0) is 42.5 Å². The third-order valence-electron chi connectivity index (χ3n) is 3.40. The molecule has 6 heteroatoms. The highest BCUT2D eigenvalue weighted by atomic mass is 79.9. The van der Waals surface area contributed by atoms with Crippen LogP contribution in [-0.2, 0) is 16.3 Å². The topological polar surface area (TPSA) is 54.4 Å². The first kappa shape index (κ1) is 14.9. The Hall–Kier alpha value is -0.460. The zero-order valence-electron chi connectivity index (χ0n) is 10.4. The molecule has 0 aromatic heterocycles. The maximum Gasteiger partial charge on any atom is 0.150 e. The molecule has 0 spiro atoms. The Morgan fingerprint density at radius 3 is 2.84 bits per heavy atom. The minimum atomic E-state index is -2.92. The van der Waals surface area contributed by atoms with E-state index in [0.29, 0.717) is 18.4 Å². The lowest BCUT2D eigenvalue weighted by molar-refractivity contribution is 0.146. The lowest BCUT2D eigenvalue weighted by Gasteiger charge is -2.15. The van der Waals surface area contributed by atoms with E-state index in [4.69, 9.17) is 0 Å². The molecule has 1 saturated heterocycles. The van der Waals surface area contributed by atoms with Gasteiger partial charge in [-0.1, -0.05) is 15.9 Å². The van der Waals surface area contributed by atoms with Crippen molar-refractivity contribution in [3.63, 3.8) is 0 Å². The summed E-state index contributed by atoms with van der Waals surface area (Å²) in [6.45, 7) is 0. The van der Waals surface area contributed by atoms with Crippen LogP contribution in [0.3, 0.4) is 0 Å². The highest BCUT2D eigenvalue weighted by Crippen LogP contribution is 2.25. The Balaban J connectivity index is 1.94. The van der Waals surface area contributed by atoms with E-state index in [1.807, 2.05) is 0 Å². The third-order valence-corrected chi connectivity index (χ3v) is 5.73. The molecule has 2 rings (SSSR count). The van der Waals surface area contributed by atoms with E-state index in [9.17, 15) is 17.9 Å². The molecule has 3 nitrogen and oxygen atoms in total. The maximum atomic E-state index is 13.5. The van der Waals surface area contributed by atoms with Crippen molar-refractivity contribution in [2.45, 2.75) is 25.4 Å². The second-order valence-electron chi connectivity index (χ2n) is 5.10. The summed E-state index contributed by atoms with van der Waals surface area (Å²) in [5, 5.41) is 9.97. The largest absolute Gasteiger partial charge is 0.393 e. The number of hydrogen-bond acceptors (Lipinski definition) is 3. The number of aliphatic hydroxyl groups is 1. The molecule has 2 unspecified atom stereocenters. The van der Waals surface area contributed by atoms with Crippen LogP contribution in [0.2, 0.25) is 0 Å². The van der Waals surface area contributed by atoms with Crippen molar-refractivity contribution in [2.24, 2.45) is 5.92 Å². The molecule has 1 N–H and O–H groups in total. The quantitative estimate of drug-likeness (QED) is 0.906. The Bertz CT molecular complexity index is 559. The van der Waals surface area contributed by atoms with Crippen LogP contribution in [0.1, 0.15) is 18.4 Å². The SMILES string of the molecule is O=S1(=O)CCC(CC(O)Cc2cc(Br)ccc2F)C1. The first-order chi connectivity index (χ1) is 8.85. The summed E-state index contributed by atoms with van der Waals surface area (Å²) < 4.78 is 37.0. The van der Waals surface area contributed by atoms with Crippen LogP contribution in [0.5, 0.6) is 0 Å². The molecule has 1 fully saturated rings. The molecule has 0 bridgehead atoms. The average Bonchev–Trinajstić information content (AvgIpc) is 2.63. The molecule has 19 heavy (non-hydrogen) atoms. The smallest absolute Gasteiger partial charge is 0.150 e. The van der Waals surface area contributed by atoms with Crippen molar-refractivity contribution in [2.75, 3.05) is 11.5 Å². The van der Waals surface area contributed by atoms with Crippen LogP contribution >= 0.6 is 15.9 Å². The molecular formula is C13H16BrFO3S. The fraction of sp³-hybridized carbons (Fsp3) is 0.538. The van der Waals surface area contributed by atoms with E-state index in [-0.39, 0.29) is 29.7 Å². The van der Waals surface area contributed by atoms with Gasteiger partial charge in [0.05, 0.1) is 17.6 Å². The molecule has 1 aromatic rings. The lowest BCUT2D eigenvalue weighted by Crippen LogP contribution is -2.17. The normalized spacial score (nSPS) is 23.4. The van der Waals surface area contributed by atoms with Gasteiger partial charge in [-0.15, -0.1) is 0 Å². The number of rotatable bonds is 4. The van der Waals surface area contributed by atoms with Gasteiger partial charge in [0.1, 0.15) is 5.82 Å². The van der Waals surface area contributed by atoms with Crippen molar-refractivity contribution in [3.8, 4) is 0 Å². The lowest BCUT2D eigenvalue weighted by atomic mass is 9.96. The summed E-state index contributed by atoms with van der Waals surface area (Å²) in [5.41, 5.74) is 0.447. The molecule has 0 radical (unpaired) electrons. The number of benzene rings is 1. The van der Waals surface area contributed by atoms with Gasteiger partial charge in [0.25, 0.3) is 0 Å². The zero-order chi connectivity index (χ0) is 14.0. The molecule has 106 valence electrons. The summed E-state index contributed by atoms with van der Waals surface area (Å²) in [7, 11) is -2.92. The van der Waals surface area contributed by atoms with Crippen LogP contribution in [0.4, 0.5) is 4.39 Å². The number of halogens is 2. The van der Waals surface area contributed by atoms with Gasteiger partial charge in [0.2, 0.25) is 0 Å². The standard InChI is InChI=1S/C13H16BrFO3S/c14-11-1-2-13(15)10(6-11)7-12(16)5-9-3-4-19(17,18)8-9/h1-2,6,9,12,16H,3-5,7-8H2. The van der Waals surface area contributed by atoms with Gasteiger partial charge in [-0.2, -0.15) is 0 Å². The maximum absolute atomic E-state index is 13.5. The second kappa shape index (κ2) is 5.89. The molecule has 0 aliphatic carbocycles. The van der Waals surface area contributed by atoms with E-state index in [2.05, 4.69) is 15.9 Å². The average molecular weight is 351 g/mol. The van der Waals surface area contributed by atoms with Crippen molar-refractivity contribution in [1.82, 2.24) is 0 Å². The van der Waals surface area contributed by atoms with Crippen LogP contribution in [0, 0.1) is 11.7 Å². The highest BCUT2D eigenvalue weighted by molar-refractivity contribution is 9.10. The van der Waals surface area contributed by atoms with E-state index in [1.54, 1.807) is 12.1 Å². The predicted octanol–water partition coefficient (Wildman–Crippen LogP) is 2.32. The van der Waals surface area contributed by atoms with Crippen LogP contribution in [-0.4, -0.2) is 31.1 Å². The Labute approximate surface area is 120 Å². The molecule has 1 heterocycles. The summed E-state index contributed by atoms with van der Waals surface area (Å²) in [5.74, 6) is -0.00258. The van der Waals surface area contributed by atoms with E-state index < -0.39 is 15.9 Å². The van der Waals surface area contributed by atoms with Crippen molar-refractivity contribution in [1.29, 1.82) is 0 Å². The molecule has 0 amide bonds. The van der Waals surface area contributed by atoms with E-state index >= 15 is 0 Å². The fourth-order valence-electron chi connectivity index (χ4n) is 2.48. The van der Waals surface area contributed by atoms with Crippen LogP contribution in [0.25, 0.3) is 0 Å².